The lowest BCUT2D eigenvalue weighted by molar-refractivity contribution is 0.133. The molecule has 1 heterocycles. The zero-order chi connectivity index (χ0) is 12.1. The summed E-state index contributed by atoms with van der Waals surface area (Å²) < 4.78 is 1.01. The molecule has 1 fully saturated rings. The molecule has 1 saturated heterocycles. The largest absolute Gasteiger partial charge is 0.388 e. The van der Waals surface area contributed by atoms with Crippen LogP contribution in [0.4, 0.5) is 0 Å². The molecule has 1 aromatic carbocycles. The average Bonchev–Trinajstić information content (AvgIpc) is 2.38. The van der Waals surface area contributed by atoms with E-state index in [-0.39, 0.29) is 6.10 Å². The second kappa shape index (κ2) is 6.53. The summed E-state index contributed by atoms with van der Waals surface area (Å²) in [5.41, 5.74) is 1.00. The van der Waals surface area contributed by atoms with E-state index in [9.17, 15) is 5.11 Å². The molecule has 0 aromatic heterocycles. The normalized spacial score (nSPS) is 19.2. The van der Waals surface area contributed by atoms with Gasteiger partial charge in [0, 0.05) is 11.0 Å². The van der Waals surface area contributed by atoms with E-state index in [1.54, 1.807) is 0 Å². The molecule has 0 saturated carbocycles. The first-order chi connectivity index (χ1) is 8.27. The first-order valence-electron chi connectivity index (χ1n) is 6.42. The van der Waals surface area contributed by atoms with E-state index in [1.165, 1.54) is 32.4 Å². The Morgan fingerprint density at radius 2 is 1.88 bits per heavy atom. The van der Waals surface area contributed by atoms with Gasteiger partial charge in [0.1, 0.15) is 0 Å². The molecule has 94 valence electrons. The van der Waals surface area contributed by atoms with Gasteiger partial charge in [0.15, 0.2) is 0 Å². The van der Waals surface area contributed by atoms with Crippen LogP contribution in [0.15, 0.2) is 28.7 Å². The van der Waals surface area contributed by atoms with E-state index in [1.807, 2.05) is 24.3 Å². The van der Waals surface area contributed by atoms with Crippen LogP contribution >= 0.6 is 15.9 Å². The molecule has 1 aliphatic rings. The van der Waals surface area contributed by atoms with Gasteiger partial charge in [0.05, 0.1) is 6.10 Å². The van der Waals surface area contributed by atoms with Gasteiger partial charge in [-0.1, -0.05) is 40.5 Å². The molecule has 2 rings (SSSR count). The summed E-state index contributed by atoms with van der Waals surface area (Å²) in [5, 5.41) is 10.2. The second-order valence-electron chi connectivity index (χ2n) is 4.73. The van der Waals surface area contributed by atoms with E-state index in [0.717, 1.165) is 23.0 Å². The van der Waals surface area contributed by atoms with Crippen LogP contribution in [0.25, 0.3) is 0 Å². The molecule has 0 spiro atoms. The summed E-state index contributed by atoms with van der Waals surface area (Å²) in [7, 11) is 0. The molecule has 1 atom stereocenters. The number of nitrogens with zero attached hydrogens (tertiary/aromatic N) is 1. The summed E-state index contributed by atoms with van der Waals surface area (Å²) in [6, 6.07) is 7.93. The van der Waals surface area contributed by atoms with Crippen LogP contribution in [0.5, 0.6) is 0 Å². The fourth-order valence-corrected chi connectivity index (χ4v) is 2.94. The highest BCUT2D eigenvalue weighted by molar-refractivity contribution is 9.10. The Morgan fingerprint density at radius 3 is 2.59 bits per heavy atom. The Labute approximate surface area is 112 Å². The lowest BCUT2D eigenvalue weighted by Gasteiger charge is -2.27. The molecule has 17 heavy (non-hydrogen) atoms. The van der Waals surface area contributed by atoms with Crippen molar-refractivity contribution in [2.24, 2.45) is 0 Å². The lowest BCUT2D eigenvalue weighted by atomic mass is 10.1. The third kappa shape index (κ3) is 3.80. The van der Waals surface area contributed by atoms with Crippen molar-refractivity contribution in [1.82, 2.24) is 4.90 Å². The quantitative estimate of drug-likeness (QED) is 0.921. The highest BCUT2D eigenvalue weighted by Crippen LogP contribution is 2.25. The van der Waals surface area contributed by atoms with Gasteiger partial charge in [0.25, 0.3) is 0 Å². The zero-order valence-corrected chi connectivity index (χ0v) is 11.7. The molecular formula is C14H20BrNO. The van der Waals surface area contributed by atoms with Crippen molar-refractivity contribution in [1.29, 1.82) is 0 Å². The van der Waals surface area contributed by atoms with E-state index in [4.69, 9.17) is 0 Å². The minimum atomic E-state index is -0.354. The van der Waals surface area contributed by atoms with E-state index >= 15 is 0 Å². The van der Waals surface area contributed by atoms with E-state index in [2.05, 4.69) is 20.8 Å². The van der Waals surface area contributed by atoms with Crippen molar-refractivity contribution in [2.45, 2.75) is 31.8 Å². The molecule has 3 heteroatoms. The summed E-state index contributed by atoms with van der Waals surface area (Å²) in [5.74, 6) is 0. The fraction of sp³-hybridized carbons (Fsp3) is 0.571. The number of aliphatic hydroxyl groups is 1. The van der Waals surface area contributed by atoms with Gasteiger partial charge in [-0.25, -0.2) is 0 Å². The molecule has 1 unspecified atom stereocenters. The lowest BCUT2D eigenvalue weighted by Crippen LogP contribution is -2.31. The van der Waals surface area contributed by atoms with Gasteiger partial charge in [0.2, 0.25) is 0 Å². The molecule has 0 aliphatic carbocycles. The molecule has 0 radical (unpaired) electrons. The van der Waals surface area contributed by atoms with Crippen molar-refractivity contribution < 1.29 is 5.11 Å². The van der Waals surface area contributed by atoms with Gasteiger partial charge < -0.3 is 10.0 Å². The average molecular weight is 298 g/mol. The Balaban J connectivity index is 1.84. The van der Waals surface area contributed by atoms with Crippen LogP contribution in [-0.4, -0.2) is 29.6 Å². The topological polar surface area (TPSA) is 23.5 Å². The number of hydrogen-bond acceptors (Lipinski definition) is 2. The molecular weight excluding hydrogens is 278 g/mol. The van der Waals surface area contributed by atoms with Crippen LogP contribution in [0.1, 0.15) is 37.4 Å². The first-order valence-corrected chi connectivity index (χ1v) is 7.21. The first kappa shape index (κ1) is 13.1. The molecule has 1 N–H and O–H groups in total. The molecule has 0 amide bonds. The molecule has 1 aliphatic heterocycles. The molecule has 2 nitrogen and oxygen atoms in total. The SMILES string of the molecule is OC(CCN1CCCCC1)c1ccccc1Br. The summed E-state index contributed by atoms with van der Waals surface area (Å²) in [6.45, 7) is 3.40. The Morgan fingerprint density at radius 1 is 1.18 bits per heavy atom. The van der Waals surface area contributed by atoms with Crippen molar-refractivity contribution in [3.63, 3.8) is 0 Å². The summed E-state index contributed by atoms with van der Waals surface area (Å²) >= 11 is 3.49. The Bertz CT molecular complexity index is 350. The Hall–Kier alpha value is -0.380. The number of likely N-dealkylation sites (tertiary alicyclic amines) is 1. The maximum absolute atomic E-state index is 10.2. The van der Waals surface area contributed by atoms with Gasteiger partial charge in [-0.2, -0.15) is 0 Å². The fourth-order valence-electron chi connectivity index (χ4n) is 2.39. The number of piperidine rings is 1. The van der Waals surface area contributed by atoms with Crippen molar-refractivity contribution >= 4 is 15.9 Å². The number of aliphatic hydroxyl groups excluding tert-OH is 1. The van der Waals surface area contributed by atoms with Crippen molar-refractivity contribution in [3.05, 3.63) is 34.3 Å². The number of benzene rings is 1. The number of rotatable bonds is 4. The standard InChI is InChI=1S/C14H20BrNO/c15-13-7-3-2-6-12(13)14(17)8-11-16-9-4-1-5-10-16/h2-3,6-7,14,17H,1,4-5,8-11H2. The summed E-state index contributed by atoms with van der Waals surface area (Å²) in [6.07, 6.45) is 4.45. The maximum atomic E-state index is 10.2. The van der Waals surface area contributed by atoms with Gasteiger partial charge in [-0.05, 0) is 44.0 Å². The highest BCUT2D eigenvalue weighted by Gasteiger charge is 2.14. The van der Waals surface area contributed by atoms with Gasteiger partial charge >= 0.3 is 0 Å². The molecule has 1 aromatic rings. The van der Waals surface area contributed by atoms with E-state index in [0.29, 0.717) is 0 Å². The van der Waals surface area contributed by atoms with Crippen molar-refractivity contribution in [2.75, 3.05) is 19.6 Å². The minimum Gasteiger partial charge on any atom is -0.388 e. The van der Waals surface area contributed by atoms with Crippen LogP contribution in [-0.2, 0) is 0 Å². The zero-order valence-electron chi connectivity index (χ0n) is 10.1. The van der Waals surface area contributed by atoms with Gasteiger partial charge in [-0.3, -0.25) is 0 Å². The second-order valence-corrected chi connectivity index (χ2v) is 5.58. The Kier molecular flexibility index (Phi) is 5.01. The van der Waals surface area contributed by atoms with Crippen LogP contribution in [0, 0.1) is 0 Å². The van der Waals surface area contributed by atoms with Crippen LogP contribution < -0.4 is 0 Å². The van der Waals surface area contributed by atoms with Gasteiger partial charge in [-0.15, -0.1) is 0 Å². The predicted molar refractivity (Wildman–Crippen MR) is 74.0 cm³/mol. The smallest absolute Gasteiger partial charge is 0.0813 e. The summed E-state index contributed by atoms with van der Waals surface area (Å²) in [4.78, 5) is 2.46. The minimum absolute atomic E-state index is 0.354. The number of hydrogen-bond donors (Lipinski definition) is 1. The maximum Gasteiger partial charge on any atom is 0.0813 e. The third-order valence-corrected chi connectivity index (χ3v) is 4.15. The van der Waals surface area contributed by atoms with E-state index < -0.39 is 0 Å². The van der Waals surface area contributed by atoms with Crippen LogP contribution in [0.3, 0.4) is 0 Å². The van der Waals surface area contributed by atoms with Crippen LogP contribution in [0.2, 0.25) is 0 Å². The molecule has 0 bridgehead atoms. The predicted octanol–water partition coefficient (Wildman–Crippen LogP) is 3.36. The third-order valence-electron chi connectivity index (χ3n) is 3.43. The van der Waals surface area contributed by atoms with Crippen molar-refractivity contribution in [3.8, 4) is 0 Å². The monoisotopic (exact) mass is 297 g/mol. The number of halogens is 1. The highest BCUT2D eigenvalue weighted by atomic mass is 79.9.